The summed E-state index contributed by atoms with van der Waals surface area (Å²) in [4.78, 5) is 14.0. The molecule has 1 aromatic carbocycles. The first-order chi connectivity index (χ1) is 12.3. The second-order valence-corrected chi connectivity index (χ2v) is 7.14. The number of thioether (sulfide) groups is 1. The monoisotopic (exact) mass is 385 g/mol. The van der Waals surface area contributed by atoms with E-state index in [9.17, 15) is 18.0 Å². The van der Waals surface area contributed by atoms with E-state index in [-0.39, 0.29) is 28.3 Å². The number of nitrogens with zero attached hydrogens (tertiary/aromatic N) is 4. The van der Waals surface area contributed by atoms with Gasteiger partial charge in [-0.3, -0.25) is 0 Å². The van der Waals surface area contributed by atoms with Crippen LogP contribution in [0.5, 0.6) is 0 Å². The molecule has 1 aromatic heterocycles. The van der Waals surface area contributed by atoms with Crippen LogP contribution < -0.4 is 5.32 Å². The summed E-state index contributed by atoms with van der Waals surface area (Å²) in [7, 11) is 1.88. The second kappa shape index (κ2) is 7.56. The highest BCUT2D eigenvalue weighted by Gasteiger charge is 2.31. The van der Waals surface area contributed by atoms with Gasteiger partial charge in [-0.2, -0.15) is 13.2 Å². The maximum Gasteiger partial charge on any atom is 0.446 e. The lowest BCUT2D eigenvalue weighted by Crippen LogP contribution is -2.41. The molecule has 0 aliphatic carbocycles. The molecule has 1 aliphatic rings. The standard InChI is InChI=1S/C16H18F3N5OS/c1-23-10-20-22-14(23)11-6-8-24(9-7-11)15(25)21-12-4-2-3-5-13(12)26-16(17,18)19/h2-5,10-11H,6-9H2,1H3,(H,21,25). The fraction of sp³-hybridized carbons (Fsp3) is 0.438. The van der Waals surface area contributed by atoms with Crippen molar-refractivity contribution < 1.29 is 18.0 Å². The van der Waals surface area contributed by atoms with E-state index in [1.165, 1.54) is 18.2 Å². The van der Waals surface area contributed by atoms with Gasteiger partial charge in [0.2, 0.25) is 0 Å². The Kier molecular flexibility index (Phi) is 5.40. The van der Waals surface area contributed by atoms with Gasteiger partial charge in [0.15, 0.2) is 0 Å². The number of hydrogen-bond acceptors (Lipinski definition) is 4. The molecule has 2 amide bonds. The average Bonchev–Trinajstić information content (AvgIpc) is 3.01. The molecular weight excluding hydrogens is 367 g/mol. The van der Waals surface area contributed by atoms with Gasteiger partial charge >= 0.3 is 11.5 Å². The number of amides is 2. The van der Waals surface area contributed by atoms with E-state index in [4.69, 9.17) is 0 Å². The number of halogens is 3. The largest absolute Gasteiger partial charge is 0.446 e. The molecule has 0 atom stereocenters. The summed E-state index contributed by atoms with van der Waals surface area (Å²) in [6.07, 6.45) is 3.11. The van der Waals surface area contributed by atoms with Crippen LogP contribution >= 0.6 is 11.8 Å². The number of carbonyl (C=O) groups is 1. The molecule has 1 N–H and O–H groups in total. The van der Waals surface area contributed by atoms with Crippen LogP contribution in [-0.4, -0.2) is 44.3 Å². The highest BCUT2D eigenvalue weighted by atomic mass is 32.2. The van der Waals surface area contributed by atoms with Gasteiger partial charge in [0, 0.05) is 31.0 Å². The van der Waals surface area contributed by atoms with Crippen LogP contribution in [-0.2, 0) is 7.05 Å². The third-order valence-electron chi connectivity index (χ3n) is 4.25. The summed E-state index contributed by atoms with van der Waals surface area (Å²) in [6, 6.07) is 5.52. The van der Waals surface area contributed by atoms with Crippen LogP contribution in [0.25, 0.3) is 0 Å². The van der Waals surface area contributed by atoms with Gasteiger partial charge in [-0.1, -0.05) is 12.1 Å². The second-order valence-electron chi connectivity index (χ2n) is 6.04. The zero-order chi connectivity index (χ0) is 18.7. The lowest BCUT2D eigenvalue weighted by molar-refractivity contribution is -0.0328. The predicted molar refractivity (Wildman–Crippen MR) is 91.9 cm³/mol. The molecule has 1 fully saturated rings. The minimum Gasteiger partial charge on any atom is -0.324 e. The molecule has 0 unspecified atom stereocenters. The molecule has 0 spiro atoms. The predicted octanol–water partition coefficient (Wildman–Crippen LogP) is 3.84. The van der Waals surface area contributed by atoms with E-state index in [0.717, 1.165) is 18.7 Å². The van der Waals surface area contributed by atoms with E-state index in [2.05, 4.69) is 15.5 Å². The van der Waals surface area contributed by atoms with Gasteiger partial charge in [0.05, 0.1) is 5.69 Å². The Bertz CT molecular complexity index is 771. The maximum absolute atomic E-state index is 12.7. The minimum atomic E-state index is -4.41. The number of carbonyl (C=O) groups excluding carboxylic acids is 1. The summed E-state index contributed by atoms with van der Waals surface area (Å²) < 4.78 is 39.8. The number of aromatic nitrogens is 3. The Hall–Kier alpha value is -2.23. The molecular formula is C16H18F3N5OS. The van der Waals surface area contributed by atoms with Crippen LogP contribution in [0.3, 0.4) is 0 Å². The number of rotatable bonds is 3. The molecule has 6 nitrogen and oxygen atoms in total. The van der Waals surface area contributed by atoms with Gasteiger partial charge in [0.25, 0.3) is 0 Å². The van der Waals surface area contributed by atoms with Gasteiger partial charge in [-0.25, -0.2) is 4.79 Å². The van der Waals surface area contributed by atoms with Crippen LogP contribution in [0.15, 0.2) is 35.5 Å². The Morgan fingerprint density at radius 2 is 1.96 bits per heavy atom. The van der Waals surface area contributed by atoms with Crippen molar-refractivity contribution in [2.45, 2.75) is 29.2 Å². The third kappa shape index (κ3) is 4.48. The van der Waals surface area contributed by atoms with E-state index < -0.39 is 11.5 Å². The van der Waals surface area contributed by atoms with Crippen LogP contribution in [0.4, 0.5) is 23.7 Å². The molecule has 1 saturated heterocycles. The lowest BCUT2D eigenvalue weighted by atomic mass is 9.96. The topological polar surface area (TPSA) is 63.1 Å². The van der Waals surface area contributed by atoms with Crippen molar-refractivity contribution in [3.63, 3.8) is 0 Å². The van der Waals surface area contributed by atoms with Crippen molar-refractivity contribution in [1.82, 2.24) is 19.7 Å². The number of anilines is 1. The quantitative estimate of drug-likeness (QED) is 0.816. The molecule has 2 heterocycles. The summed E-state index contributed by atoms with van der Waals surface area (Å²) in [5.74, 6) is 1.11. The van der Waals surface area contributed by atoms with Gasteiger partial charge in [-0.15, -0.1) is 10.2 Å². The number of likely N-dealkylation sites (tertiary alicyclic amines) is 1. The first kappa shape index (κ1) is 18.6. The SMILES string of the molecule is Cn1cnnc1C1CCN(C(=O)Nc2ccccc2SC(F)(F)F)CC1. The smallest absolute Gasteiger partial charge is 0.324 e. The Morgan fingerprint density at radius 1 is 1.27 bits per heavy atom. The van der Waals surface area contributed by atoms with Gasteiger partial charge < -0.3 is 14.8 Å². The summed E-state index contributed by atoms with van der Waals surface area (Å²) in [5, 5.41) is 10.6. The highest BCUT2D eigenvalue weighted by molar-refractivity contribution is 8.00. The van der Waals surface area contributed by atoms with Gasteiger partial charge in [-0.05, 0) is 36.7 Å². The molecule has 0 saturated carbocycles. The van der Waals surface area contributed by atoms with Crippen LogP contribution in [0.2, 0.25) is 0 Å². The summed E-state index contributed by atoms with van der Waals surface area (Å²) in [6.45, 7) is 1.02. The van der Waals surface area contributed by atoms with E-state index in [1.807, 2.05) is 11.6 Å². The lowest BCUT2D eigenvalue weighted by Gasteiger charge is -2.31. The minimum absolute atomic E-state index is 0.0256. The normalized spacial score (nSPS) is 15.9. The molecule has 2 aromatic rings. The van der Waals surface area contributed by atoms with Crippen molar-refractivity contribution in [1.29, 1.82) is 0 Å². The number of piperidine rings is 1. The number of para-hydroxylation sites is 1. The first-order valence-corrected chi connectivity index (χ1v) is 8.90. The number of alkyl halides is 3. The maximum atomic E-state index is 12.7. The molecule has 140 valence electrons. The Morgan fingerprint density at radius 3 is 2.58 bits per heavy atom. The molecule has 1 aliphatic heterocycles. The summed E-state index contributed by atoms with van der Waals surface area (Å²) >= 11 is -0.235. The van der Waals surface area contributed by atoms with E-state index in [0.29, 0.717) is 13.1 Å². The number of benzene rings is 1. The van der Waals surface area contributed by atoms with Crippen LogP contribution in [0.1, 0.15) is 24.6 Å². The Balaban J connectivity index is 1.61. The highest BCUT2D eigenvalue weighted by Crippen LogP contribution is 2.40. The van der Waals surface area contributed by atoms with Crippen molar-refractivity contribution in [2.75, 3.05) is 18.4 Å². The fourth-order valence-electron chi connectivity index (χ4n) is 2.98. The van der Waals surface area contributed by atoms with Gasteiger partial charge in [0.1, 0.15) is 12.2 Å². The zero-order valence-corrected chi connectivity index (χ0v) is 14.8. The van der Waals surface area contributed by atoms with E-state index >= 15 is 0 Å². The molecule has 3 rings (SSSR count). The van der Waals surface area contributed by atoms with Crippen molar-refractivity contribution in [3.8, 4) is 0 Å². The number of urea groups is 1. The number of nitrogens with one attached hydrogen (secondary N) is 1. The van der Waals surface area contributed by atoms with Crippen LogP contribution in [0, 0.1) is 0 Å². The average molecular weight is 385 g/mol. The number of hydrogen-bond donors (Lipinski definition) is 1. The van der Waals surface area contributed by atoms with Crippen molar-refractivity contribution in [3.05, 3.63) is 36.4 Å². The third-order valence-corrected chi connectivity index (χ3v) is 5.06. The van der Waals surface area contributed by atoms with Crippen molar-refractivity contribution >= 4 is 23.5 Å². The van der Waals surface area contributed by atoms with Crippen molar-refractivity contribution in [2.24, 2.45) is 7.05 Å². The molecule has 0 bridgehead atoms. The zero-order valence-electron chi connectivity index (χ0n) is 14.0. The molecule has 26 heavy (non-hydrogen) atoms. The Labute approximate surface area is 152 Å². The van der Waals surface area contributed by atoms with E-state index in [1.54, 1.807) is 17.3 Å². The first-order valence-electron chi connectivity index (χ1n) is 8.08. The molecule has 0 radical (unpaired) electrons. The summed E-state index contributed by atoms with van der Waals surface area (Å²) in [5.41, 5.74) is -4.25. The number of aryl methyl sites for hydroxylation is 1. The fourth-order valence-corrected chi connectivity index (χ4v) is 3.61. The molecule has 10 heteroatoms.